The van der Waals surface area contributed by atoms with Gasteiger partial charge in [0.1, 0.15) is 6.42 Å². The Morgan fingerprint density at radius 2 is 1.95 bits per heavy atom. The van der Waals surface area contributed by atoms with Gasteiger partial charge in [-0.3, -0.25) is 0 Å². The molecule has 0 aliphatic rings. The first-order valence-corrected chi connectivity index (χ1v) is 5.66. The van der Waals surface area contributed by atoms with Crippen molar-refractivity contribution in [3.05, 3.63) is 28.0 Å². The molecular formula is C10H6Cl2F3N3O. The van der Waals surface area contributed by atoms with Crippen LogP contribution in [-0.4, -0.2) is 16.3 Å². The number of halogens is 5. The lowest BCUT2D eigenvalue weighted by molar-refractivity contribution is -0.128. The van der Waals surface area contributed by atoms with Crippen LogP contribution < -0.4 is 5.73 Å². The zero-order chi connectivity index (χ0) is 14.2. The van der Waals surface area contributed by atoms with Crippen LogP contribution in [0.2, 0.25) is 10.0 Å². The highest BCUT2D eigenvalue weighted by Crippen LogP contribution is 2.34. The Balaban J connectivity index is 2.38. The maximum atomic E-state index is 12.2. The van der Waals surface area contributed by atoms with Crippen LogP contribution in [0.25, 0.3) is 11.5 Å². The van der Waals surface area contributed by atoms with Crippen LogP contribution in [0, 0.1) is 0 Å². The third-order valence-electron chi connectivity index (χ3n) is 2.15. The van der Waals surface area contributed by atoms with Gasteiger partial charge in [0.15, 0.2) is 5.82 Å². The van der Waals surface area contributed by atoms with Crippen molar-refractivity contribution in [2.45, 2.75) is 12.6 Å². The van der Waals surface area contributed by atoms with Gasteiger partial charge in [-0.25, -0.2) is 0 Å². The monoisotopic (exact) mass is 311 g/mol. The highest BCUT2D eigenvalue weighted by molar-refractivity contribution is 6.37. The molecule has 9 heteroatoms. The average Bonchev–Trinajstić information content (AvgIpc) is 2.69. The maximum Gasteiger partial charge on any atom is 0.396 e. The van der Waals surface area contributed by atoms with Gasteiger partial charge in [-0.1, -0.05) is 28.4 Å². The van der Waals surface area contributed by atoms with E-state index in [1.807, 2.05) is 0 Å². The number of aromatic nitrogens is 2. The number of nitrogen functional groups attached to an aromatic ring is 1. The molecule has 0 bridgehead atoms. The number of anilines is 1. The van der Waals surface area contributed by atoms with E-state index in [2.05, 4.69) is 10.1 Å². The zero-order valence-electron chi connectivity index (χ0n) is 9.13. The molecule has 2 N–H and O–H groups in total. The Kier molecular flexibility index (Phi) is 3.60. The number of nitrogens with two attached hydrogens (primary N) is 1. The van der Waals surface area contributed by atoms with Gasteiger partial charge in [0.2, 0.25) is 0 Å². The quantitative estimate of drug-likeness (QED) is 0.858. The SMILES string of the molecule is Nc1c(Cl)cc(Cl)cc1-c1nc(CC(F)(F)F)no1. The molecule has 2 rings (SSSR count). The molecular weight excluding hydrogens is 306 g/mol. The van der Waals surface area contributed by atoms with E-state index in [-0.39, 0.29) is 27.2 Å². The summed E-state index contributed by atoms with van der Waals surface area (Å²) in [6.45, 7) is 0. The first kappa shape index (κ1) is 14.0. The summed E-state index contributed by atoms with van der Waals surface area (Å²) in [6.07, 6.45) is -5.70. The second kappa shape index (κ2) is 4.90. The Morgan fingerprint density at radius 1 is 1.26 bits per heavy atom. The third-order valence-corrected chi connectivity index (χ3v) is 2.68. The third kappa shape index (κ3) is 3.30. The van der Waals surface area contributed by atoms with Gasteiger partial charge in [-0.2, -0.15) is 18.2 Å². The van der Waals surface area contributed by atoms with Crippen molar-refractivity contribution < 1.29 is 17.7 Å². The van der Waals surface area contributed by atoms with Gasteiger partial charge in [-0.15, -0.1) is 0 Å². The minimum absolute atomic E-state index is 0.105. The Morgan fingerprint density at radius 3 is 2.58 bits per heavy atom. The second-order valence-electron chi connectivity index (χ2n) is 3.66. The van der Waals surface area contributed by atoms with E-state index in [0.29, 0.717) is 0 Å². The smallest absolute Gasteiger partial charge is 0.396 e. The van der Waals surface area contributed by atoms with E-state index >= 15 is 0 Å². The van der Waals surface area contributed by atoms with Crippen LogP contribution >= 0.6 is 23.2 Å². The summed E-state index contributed by atoms with van der Waals surface area (Å²) in [5.41, 5.74) is 5.98. The molecule has 0 saturated carbocycles. The van der Waals surface area contributed by atoms with Crippen LogP contribution in [0.4, 0.5) is 18.9 Å². The molecule has 0 fully saturated rings. The van der Waals surface area contributed by atoms with Crippen molar-refractivity contribution in [3.63, 3.8) is 0 Å². The van der Waals surface area contributed by atoms with Gasteiger partial charge in [0, 0.05) is 5.02 Å². The van der Waals surface area contributed by atoms with Crippen LogP contribution in [0.1, 0.15) is 5.82 Å². The van der Waals surface area contributed by atoms with E-state index in [0.717, 1.165) is 0 Å². The Hall–Kier alpha value is -1.47. The van der Waals surface area contributed by atoms with Crippen molar-refractivity contribution in [2.24, 2.45) is 0 Å². The zero-order valence-corrected chi connectivity index (χ0v) is 10.6. The molecule has 0 aliphatic carbocycles. The first-order valence-electron chi connectivity index (χ1n) is 4.90. The summed E-state index contributed by atoms with van der Waals surface area (Å²) in [7, 11) is 0. The van der Waals surface area contributed by atoms with Crippen molar-refractivity contribution >= 4 is 28.9 Å². The van der Waals surface area contributed by atoms with E-state index < -0.39 is 18.4 Å². The lowest BCUT2D eigenvalue weighted by Crippen LogP contribution is -2.12. The minimum atomic E-state index is -4.42. The summed E-state index contributed by atoms with van der Waals surface area (Å²) in [5.74, 6) is -0.654. The van der Waals surface area contributed by atoms with E-state index in [1.165, 1.54) is 12.1 Å². The standard InChI is InChI=1S/C10H6Cl2F3N3O/c11-4-1-5(8(16)6(12)2-4)9-17-7(18-19-9)3-10(13,14)15/h1-2H,3,16H2. The topological polar surface area (TPSA) is 64.9 Å². The summed E-state index contributed by atoms with van der Waals surface area (Å²) in [6, 6.07) is 2.78. The summed E-state index contributed by atoms with van der Waals surface area (Å²) < 4.78 is 41.2. The van der Waals surface area contributed by atoms with Crippen LogP contribution in [-0.2, 0) is 6.42 Å². The van der Waals surface area contributed by atoms with Crippen LogP contribution in [0.5, 0.6) is 0 Å². The molecule has 1 aromatic carbocycles. The van der Waals surface area contributed by atoms with Crippen molar-refractivity contribution in [1.82, 2.24) is 10.1 Å². The van der Waals surface area contributed by atoms with Gasteiger partial charge >= 0.3 is 6.18 Å². The molecule has 0 atom stereocenters. The molecule has 4 nitrogen and oxygen atoms in total. The van der Waals surface area contributed by atoms with Crippen molar-refractivity contribution in [3.8, 4) is 11.5 Å². The van der Waals surface area contributed by atoms with E-state index in [1.54, 1.807) is 0 Å². The van der Waals surface area contributed by atoms with Gasteiger partial charge in [-0.05, 0) is 12.1 Å². The van der Waals surface area contributed by atoms with Crippen molar-refractivity contribution in [2.75, 3.05) is 5.73 Å². The Labute approximate surface area is 115 Å². The molecule has 1 heterocycles. The summed E-state index contributed by atoms with van der Waals surface area (Å²) >= 11 is 11.6. The molecule has 1 aromatic heterocycles. The van der Waals surface area contributed by atoms with Gasteiger partial charge in [0.25, 0.3) is 5.89 Å². The molecule has 0 saturated heterocycles. The van der Waals surface area contributed by atoms with Crippen LogP contribution in [0.15, 0.2) is 16.7 Å². The Bertz CT molecular complexity index is 613. The van der Waals surface area contributed by atoms with Gasteiger partial charge in [0.05, 0.1) is 16.3 Å². The number of alkyl halides is 3. The molecule has 0 unspecified atom stereocenters. The minimum Gasteiger partial charge on any atom is -0.397 e. The highest BCUT2D eigenvalue weighted by Gasteiger charge is 2.31. The molecule has 0 amide bonds. The number of hydrogen-bond donors (Lipinski definition) is 1. The summed E-state index contributed by atoms with van der Waals surface area (Å²) in [5, 5.41) is 3.64. The molecule has 0 spiro atoms. The summed E-state index contributed by atoms with van der Waals surface area (Å²) in [4.78, 5) is 3.61. The number of hydrogen-bond acceptors (Lipinski definition) is 4. The lowest BCUT2D eigenvalue weighted by Gasteiger charge is -2.03. The fourth-order valence-corrected chi connectivity index (χ4v) is 1.87. The molecule has 2 aromatic rings. The molecule has 19 heavy (non-hydrogen) atoms. The second-order valence-corrected chi connectivity index (χ2v) is 4.50. The van der Waals surface area contributed by atoms with Crippen molar-refractivity contribution in [1.29, 1.82) is 0 Å². The number of rotatable bonds is 2. The lowest BCUT2D eigenvalue weighted by atomic mass is 10.2. The van der Waals surface area contributed by atoms with E-state index in [9.17, 15) is 13.2 Å². The normalized spacial score (nSPS) is 11.8. The average molecular weight is 312 g/mol. The van der Waals surface area contributed by atoms with Gasteiger partial charge < -0.3 is 10.3 Å². The molecule has 0 radical (unpaired) electrons. The number of benzene rings is 1. The van der Waals surface area contributed by atoms with E-state index in [4.69, 9.17) is 33.5 Å². The molecule has 0 aliphatic heterocycles. The maximum absolute atomic E-state index is 12.2. The predicted octanol–water partition coefficient (Wildman–Crippen LogP) is 3.73. The highest BCUT2D eigenvalue weighted by atomic mass is 35.5. The number of nitrogens with zero attached hydrogens (tertiary/aromatic N) is 2. The largest absolute Gasteiger partial charge is 0.397 e. The van der Waals surface area contributed by atoms with Crippen LogP contribution in [0.3, 0.4) is 0 Å². The fourth-order valence-electron chi connectivity index (χ4n) is 1.38. The predicted molar refractivity (Wildman–Crippen MR) is 63.9 cm³/mol. The fraction of sp³-hybridized carbons (Fsp3) is 0.200. The molecule has 102 valence electrons. The first-order chi connectivity index (χ1) is 8.76.